The highest BCUT2D eigenvalue weighted by Crippen LogP contribution is 2.09. The molecule has 2 aromatic heterocycles. The van der Waals surface area contributed by atoms with Crippen LogP contribution in [0.15, 0.2) is 24.0 Å². The SMILES string of the molecule is COCCN(CCn1cc(Cl)cn1)Cc1nccs1. The van der Waals surface area contributed by atoms with Gasteiger partial charge in [0, 0.05) is 38.0 Å². The van der Waals surface area contributed by atoms with Gasteiger partial charge in [-0.1, -0.05) is 11.6 Å². The Hall–Kier alpha value is -0.950. The predicted molar refractivity (Wildman–Crippen MR) is 76.5 cm³/mol. The number of hydrogen-bond donors (Lipinski definition) is 0. The molecule has 7 heteroatoms. The third-order valence-corrected chi connectivity index (χ3v) is 3.66. The number of nitrogens with zero attached hydrogens (tertiary/aromatic N) is 4. The highest BCUT2D eigenvalue weighted by Gasteiger charge is 2.08. The second-order valence-corrected chi connectivity index (χ2v) is 5.53. The van der Waals surface area contributed by atoms with Gasteiger partial charge in [-0.15, -0.1) is 11.3 Å². The number of hydrogen-bond acceptors (Lipinski definition) is 5. The summed E-state index contributed by atoms with van der Waals surface area (Å²) in [4.78, 5) is 6.62. The van der Waals surface area contributed by atoms with Gasteiger partial charge in [-0.05, 0) is 0 Å². The summed E-state index contributed by atoms with van der Waals surface area (Å²) in [5.41, 5.74) is 0. The van der Waals surface area contributed by atoms with Crippen LogP contribution in [0.2, 0.25) is 5.02 Å². The summed E-state index contributed by atoms with van der Waals surface area (Å²) in [7, 11) is 1.72. The predicted octanol–water partition coefficient (Wildman–Crippen LogP) is 2.14. The molecule has 0 fully saturated rings. The lowest BCUT2D eigenvalue weighted by atomic mass is 10.4. The summed E-state index contributed by atoms with van der Waals surface area (Å²) >= 11 is 7.52. The van der Waals surface area contributed by atoms with E-state index in [1.54, 1.807) is 24.6 Å². The van der Waals surface area contributed by atoms with Crippen molar-refractivity contribution in [3.63, 3.8) is 0 Å². The average Bonchev–Trinajstić information content (AvgIpc) is 3.04. The highest BCUT2D eigenvalue weighted by atomic mass is 35.5. The van der Waals surface area contributed by atoms with Crippen LogP contribution in [-0.2, 0) is 17.8 Å². The molecule has 104 valence electrons. The lowest BCUT2D eigenvalue weighted by molar-refractivity contribution is 0.140. The topological polar surface area (TPSA) is 43.2 Å². The standard InChI is InChI=1S/C12H17ClN4OS/c1-18-6-5-16(10-12-14-2-7-19-12)3-4-17-9-11(13)8-15-17/h2,7-9H,3-6,10H2,1H3. The van der Waals surface area contributed by atoms with Crippen LogP contribution in [-0.4, -0.2) is 46.5 Å². The van der Waals surface area contributed by atoms with Gasteiger partial charge in [0.1, 0.15) is 5.01 Å². The maximum atomic E-state index is 5.85. The normalized spacial score (nSPS) is 11.3. The largest absolute Gasteiger partial charge is 0.383 e. The van der Waals surface area contributed by atoms with Crippen molar-refractivity contribution in [1.29, 1.82) is 0 Å². The van der Waals surface area contributed by atoms with Gasteiger partial charge in [0.25, 0.3) is 0 Å². The Bertz CT molecular complexity index is 474. The fourth-order valence-electron chi connectivity index (χ4n) is 1.72. The lowest BCUT2D eigenvalue weighted by Gasteiger charge is -2.20. The van der Waals surface area contributed by atoms with E-state index in [2.05, 4.69) is 15.0 Å². The molecule has 2 rings (SSSR count). The van der Waals surface area contributed by atoms with Crippen molar-refractivity contribution in [3.8, 4) is 0 Å². The van der Waals surface area contributed by atoms with E-state index in [1.807, 2.05) is 22.5 Å². The minimum atomic E-state index is 0.670. The van der Waals surface area contributed by atoms with Crippen molar-refractivity contribution in [2.24, 2.45) is 0 Å². The molecule has 0 aliphatic heterocycles. The molecule has 0 saturated carbocycles. The molecule has 0 bridgehead atoms. The van der Waals surface area contributed by atoms with Crippen molar-refractivity contribution in [1.82, 2.24) is 19.7 Å². The molecular formula is C12H17ClN4OS. The summed E-state index contributed by atoms with van der Waals surface area (Å²) in [5.74, 6) is 0. The fraction of sp³-hybridized carbons (Fsp3) is 0.500. The van der Waals surface area contributed by atoms with Crippen molar-refractivity contribution in [2.75, 3.05) is 26.8 Å². The van der Waals surface area contributed by atoms with E-state index in [9.17, 15) is 0 Å². The van der Waals surface area contributed by atoms with Crippen LogP contribution in [0.3, 0.4) is 0 Å². The van der Waals surface area contributed by atoms with Crippen molar-refractivity contribution >= 4 is 22.9 Å². The lowest BCUT2D eigenvalue weighted by Crippen LogP contribution is -2.30. The molecule has 0 aliphatic carbocycles. The summed E-state index contributed by atoms with van der Waals surface area (Å²) in [6.45, 7) is 4.13. The van der Waals surface area contributed by atoms with Crippen LogP contribution in [0.5, 0.6) is 0 Å². The minimum Gasteiger partial charge on any atom is -0.383 e. The number of aromatic nitrogens is 3. The van der Waals surface area contributed by atoms with Gasteiger partial charge in [-0.2, -0.15) is 5.10 Å². The molecule has 0 unspecified atom stereocenters. The molecule has 2 aromatic rings. The van der Waals surface area contributed by atoms with E-state index in [-0.39, 0.29) is 0 Å². The number of methoxy groups -OCH3 is 1. The van der Waals surface area contributed by atoms with E-state index in [0.29, 0.717) is 11.6 Å². The average molecular weight is 301 g/mol. The monoisotopic (exact) mass is 300 g/mol. The molecule has 5 nitrogen and oxygen atoms in total. The van der Waals surface area contributed by atoms with Crippen LogP contribution < -0.4 is 0 Å². The van der Waals surface area contributed by atoms with Gasteiger partial charge in [0.05, 0.1) is 30.9 Å². The Morgan fingerprint density at radius 1 is 1.47 bits per heavy atom. The minimum absolute atomic E-state index is 0.670. The van der Waals surface area contributed by atoms with Crippen molar-refractivity contribution in [3.05, 3.63) is 34.0 Å². The molecule has 0 spiro atoms. The van der Waals surface area contributed by atoms with Gasteiger partial charge in [0.15, 0.2) is 0 Å². The number of ether oxygens (including phenoxy) is 1. The first-order valence-electron chi connectivity index (χ1n) is 6.05. The van der Waals surface area contributed by atoms with E-state index in [1.165, 1.54) is 0 Å². The molecule has 0 aliphatic rings. The Morgan fingerprint density at radius 2 is 2.37 bits per heavy atom. The zero-order chi connectivity index (χ0) is 13.5. The molecule has 0 atom stereocenters. The van der Waals surface area contributed by atoms with Gasteiger partial charge in [0.2, 0.25) is 0 Å². The maximum Gasteiger partial charge on any atom is 0.107 e. The quantitative estimate of drug-likeness (QED) is 0.749. The van der Waals surface area contributed by atoms with Crippen LogP contribution in [0, 0.1) is 0 Å². The van der Waals surface area contributed by atoms with E-state index >= 15 is 0 Å². The second kappa shape index (κ2) is 7.59. The van der Waals surface area contributed by atoms with Crippen LogP contribution in [0.25, 0.3) is 0 Å². The molecule has 19 heavy (non-hydrogen) atoms. The first-order valence-corrected chi connectivity index (χ1v) is 7.31. The smallest absolute Gasteiger partial charge is 0.107 e. The Morgan fingerprint density at radius 3 is 3.00 bits per heavy atom. The number of thiazole rings is 1. The molecule has 0 aromatic carbocycles. The summed E-state index contributed by atoms with van der Waals surface area (Å²) in [6.07, 6.45) is 5.32. The molecule has 0 amide bonds. The van der Waals surface area contributed by atoms with E-state index in [0.717, 1.165) is 31.2 Å². The second-order valence-electron chi connectivity index (χ2n) is 4.12. The number of rotatable bonds is 8. The molecule has 0 N–H and O–H groups in total. The Balaban J connectivity index is 1.86. The first kappa shape index (κ1) is 14.5. The van der Waals surface area contributed by atoms with Crippen LogP contribution in [0.4, 0.5) is 0 Å². The summed E-state index contributed by atoms with van der Waals surface area (Å²) in [6, 6.07) is 0. The van der Waals surface area contributed by atoms with Crippen molar-refractivity contribution < 1.29 is 4.74 Å². The molecule has 0 saturated heterocycles. The number of halogens is 1. The van der Waals surface area contributed by atoms with E-state index < -0.39 is 0 Å². The highest BCUT2D eigenvalue weighted by molar-refractivity contribution is 7.09. The zero-order valence-electron chi connectivity index (χ0n) is 10.8. The van der Waals surface area contributed by atoms with E-state index in [4.69, 9.17) is 16.3 Å². The third kappa shape index (κ3) is 4.91. The molecular weight excluding hydrogens is 284 g/mol. The van der Waals surface area contributed by atoms with Crippen LogP contribution >= 0.6 is 22.9 Å². The first-order chi connectivity index (χ1) is 9.28. The van der Waals surface area contributed by atoms with Gasteiger partial charge >= 0.3 is 0 Å². The molecule has 2 heterocycles. The van der Waals surface area contributed by atoms with Gasteiger partial charge in [-0.25, -0.2) is 4.98 Å². The van der Waals surface area contributed by atoms with Gasteiger partial charge < -0.3 is 4.74 Å². The third-order valence-electron chi connectivity index (χ3n) is 2.70. The maximum absolute atomic E-state index is 5.85. The van der Waals surface area contributed by atoms with Crippen molar-refractivity contribution in [2.45, 2.75) is 13.1 Å². The summed E-state index contributed by atoms with van der Waals surface area (Å²) < 4.78 is 7.00. The molecule has 0 radical (unpaired) electrons. The van der Waals surface area contributed by atoms with Crippen LogP contribution in [0.1, 0.15) is 5.01 Å². The Kier molecular flexibility index (Phi) is 5.78. The zero-order valence-corrected chi connectivity index (χ0v) is 12.4. The summed E-state index contributed by atoms with van der Waals surface area (Å²) in [5, 5.41) is 7.97. The fourth-order valence-corrected chi connectivity index (χ4v) is 2.53. The Labute approximate surface area is 121 Å². The van der Waals surface area contributed by atoms with Gasteiger partial charge in [-0.3, -0.25) is 9.58 Å².